The number of anilines is 1. The summed E-state index contributed by atoms with van der Waals surface area (Å²) in [6.07, 6.45) is 1.41. The molecule has 0 aliphatic heterocycles. The first kappa shape index (κ1) is 27.1. The number of hydrazone groups is 1. The number of fused-ring (bicyclic) bond motifs is 1. The van der Waals surface area contributed by atoms with Gasteiger partial charge in [-0.3, -0.25) is 9.52 Å². The Morgan fingerprint density at radius 2 is 1.60 bits per heavy atom. The molecule has 11 heteroatoms. The molecule has 0 fully saturated rings. The van der Waals surface area contributed by atoms with Crippen molar-refractivity contribution >= 4 is 66.8 Å². The Morgan fingerprint density at radius 1 is 0.875 bits per heavy atom. The van der Waals surface area contributed by atoms with Crippen LogP contribution in [-0.4, -0.2) is 26.5 Å². The fourth-order valence-corrected chi connectivity index (χ4v) is 6.15. The minimum absolute atomic E-state index is 0.133. The highest BCUT2D eigenvalue weighted by Gasteiger charge is 2.19. The molecule has 40 heavy (non-hydrogen) atoms. The van der Waals surface area contributed by atoms with Gasteiger partial charge in [0.15, 0.2) is 0 Å². The number of rotatable bonds is 8. The van der Waals surface area contributed by atoms with E-state index in [1.807, 2.05) is 24.3 Å². The summed E-state index contributed by atoms with van der Waals surface area (Å²) in [6, 6.07) is 28.0. The fourth-order valence-electron chi connectivity index (χ4n) is 3.69. The predicted molar refractivity (Wildman–Crippen MR) is 157 cm³/mol. The lowest BCUT2D eigenvalue weighted by Gasteiger charge is -2.08. The maximum absolute atomic E-state index is 12.7. The lowest BCUT2D eigenvalue weighted by molar-refractivity contribution is 0.0739. The normalized spacial score (nSPS) is 11.4. The van der Waals surface area contributed by atoms with Crippen molar-refractivity contribution in [1.82, 2.24) is 5.43 Å². The van der Waals surface area contributed by atoms with E-state index in [4.69, 9.17) is 16.3 Å². The Bertz CT molecular complexity index is 1840. The van der Waals surface area contributed by atoms with Crippen LogP contribution in [0, 0.1) is 0 Å². The molecule has 0 aliphatic rings. The average molecular weight is 590 g/mol. The molecule has 0 saturated carbocycles. The molecule has 5 rings (SSSR count). The monoisotopic (exact) mass is 589 g/mol. The predicted octanol–water partition coefficient (Wildman–Crippen LogP) is 6.34. The van der Waals surface area contributed by atoms with E-state index >= 15 is 0 Å². The van der Waals surface area contributed by atoms with Gasteiger partial charge in [-0.05, 0) is 60.2 Å². The topological polar surface area (TPSA) is 114 Å². The Labute approximate surface area is 238 Å². The highest BCUT2D eigenvalue weighted by molar-refractivity contribution is 7.92. The fraction of sp³-hybridized carbons (Fsp3) is 0. The van der Waals surface area contributed by atoms with Crippen molar-refractivity contribution in [2.45, 2.75) is 4.90 Å². The summed E-state index contributed by atoms with van der Waals surface area (Å²) in [4.78, 5) is 25.7. The zero-order valence-corrected chi connectivity index (χ0v) is 23.0. The van der Waals surface area contributed by atoms with E-state index in [0.717, 1.165) is 10.1 Å². The van der Waals surface area contributed by atoms with Crippen molar-refractivity contribution < 1.29 is 22.7 Å². The van der Waals surface area contributed by atoms with Crippen LogP contribution in [0.2, 0.25) is 5.02 Å². The number of halogens is 1. The molecule has 0 saturated heterocycles. The molecule has 0 unspecified atom stereocenters. The molecule has 0 bridgehead atoms. The van der Waals surface area contributed by atoms with Crippen LogP contribution in [-0.2, 0) is 10.0 Å². The van der Waals surface area contributed by atoms with Crippen LogP contribution in [0.25, 0.3) is 10.1 Å². The second kappa shape index (κ2) is 11.7. The number of thiophene rings is 1. The van der Waals surface area contributed by atoms with Crippen LogP contribution < -0.4 is 14.9 Å². The van der Waals surface area contributed by atoms with Crippen LogP contribution in [0.5, 0.6) is 5.75 Å². The third-order valence-electron chi connectivity index (χ3n) is 5.62. The maximum Gasteiger partial charge on any atom is 0.355 e. The van der Waals surface area contributed by atoms with E-state index in [-0.39, 0.29) is 10.5 Å². The number of sulfonamides is 1. The molecule has 0 aliphatic carbocycles. The summed E-state index contributed by atoms with van der Waals surface area (Å²) in [5, 5.41) is 5.11. The number of hydrogen-bond acceptors (Lipinski definition) is 7. The van der Waals surface area contributed by atoms with Crippen molar-refractivity contribution in [2.75, 3.05) is 4.72 Å². The van der Waals surface area contributed by atoms with E-state index in [1.54, 1.807) is 42.5 Å². The van der Waals surface area contributed by atoms with E-state index in [1.165, 1.54) is 53.9 Å². The van der Waals surface area contributed by atoms with Gasteiger partial charge in [-0.1, -0.05) is 60.1 Å². The first-order valence-electron chi connectivity index (χ1n) is 11.8. The molecule has 8 nitrogen and oxygen atoms in total. The van der Waals surface area contributed by atoms with Crippen LogP contribution in [0.3, 0.4) is 0 Å². The zero-order valence-electron chi connectivity index (χ0n) is 20.6. The minimum Gasteiger partial charge on any atom is -0.422 e. The van der Waals surface area contributed by atoms with Gasteiger partial charge >= 0.3 is 5.97 Å². The van der Waals surface area contributed by atoms with Gasteiger partial charge < -0.3 is 4.74 Å². The lowest BCUT2D eigenvalue weighted by Crippen LogP contribution is -2.18. The number of esters is 1. The number of nitrogens with one attached hydrogen (secondary N) is 2. The minimum atomic E-state index is -3.74. The molecular formula is C29H20ClN3O5S2. The Kier molecular flexibility index (Phi) is 7.92. The summed E-state index contributed by atoms with van der Waals surface area (Å²) in [6.45, 7) is 0. The average Bonchev–Trinajstić information content (AvgIpc) is 3.30. The number of benzene rings is 4. The Morgan fingerprint density at radius 3 is 2.35 bits per heavy atom. The lowest BCUT2D eigenvalue weighted by atomic mass is 10.2. The van der Waals surface area contributed by atoms with Crippen molar-refractivity contribution in [3.63, 3.8) is 0 Å². The van der Waals surface area contributed by atoms with Gasteiger partial charge in [-0.15, -0.1) is 11.3 Å². The van der Waals surface area contributed by atoms with Gasteiger partial charge in [0.1, 0.15) is 10.6 Å². The van der Waals surface area contributed by atoms with Crippen molar-refractivity contribution in [2.24, 2.45) is 5.10 Å². The van der Waals surface area contributed by atoms with E-state index < -0.39 is 21.9 Å². The third-order valence-corrected chi connectivity index (χ3v) is 8.67. The largest absolute Gasteiger partial charge is 0.422 e. The van der Waals surface area contributed by atoms with Gasteiger partial charge in [0, 0.05) is 21.3 Å². The summed E-state index contributed by atoms with van der Waals surface area (Å²) in [5.41, 5.74) is 3.59. The highest BCUT2D eigenvalue weighted by atomic mass is 35.5. The molecule has 0 spiro atoms. The molecule has 1 aromatic heterocycles. The van der Waals surface area contributed by atoms with E-state index in [9.17, 15) is 18.0 Å². The second-order valence-corrected chi connectivity index (χ2v) is 11.5. The third kappa shape index (κ3) is 6.20. The molecule has 1 heterocycles. The molecule has 1 amide bonds. The summed E-state index contributed by atoms with van der Waals surface area (Å²) >= 11 is 7.64. The molecule has 4 aromatic carbocycles. The number of carbonyl (C=O) groups is 2. The first-order chi connectivity index (χ1) is 19.3. The smallest absolute Gasteiger partial charge is 0.355 e. The van der Waals surface area contributed by atoms with E-state index in [0.29, 0.717) is 26.9 Å². The van der Waals surface area contributed by atoms with Crippen LogP contribution >= 0.6 is 22.9 Å². The molecule has 200 valence electrons. The number of amides is 1. The molecule has 0 radical (unpaired) electrons. The van der Waals surface area contributed by atoms with Crippen LogP contribution in [0.4, 0.5) is 5.69 Å². The quantitative estimate of drug-likeness (QED) is 0.0949. The standard InChI is InChI=1S/C29H20ClN3O5S2/c30-26-24-11-4-5-12-25(24)39-27(26)29(35)38-22-8-6-7-19(17-22)18-31-32-28(34)20-13-15-21(16-14-20)33-40(36,37)23-9-2-1-3-10-23/h1-18,33H,(H,32,34). The van der Waals surface area contributed by atoms with Crippen molar-refractivity contribution in [3.05, 3.63) is 124 Å². The van der Waals surface area contributed by atoms with Crippen LogP contribution in [0.15, 0.2) is 113 Å². The maximum atomic E-state index is 12.7. The Balaban J connectivity index is 1.19. The SMILES string of the molecule is O=C(NN=Cc1cccc(OC(=O)c2sc3ccccc3c2Cl)c1)c1ccc(NS(=O)(=O)c2ccccc2)cc1. The van der Waals surface area contributed by atoms with Gasteiger partial charge in [0.2, 0.25) is 0 Å². The molecule has 2 N–H and O–H groups in total. The van der Waals surface area contributed by atoms with E-state index in [2.05, 4.69) is 15.2 Å². The number of hydrogen-bond donors (Lipinski definition) is 2. The number of carbonyl (C=O) groups excluding carboxylic acids is 2. The highest BCUT2D eigenvalue weighted by Crippen LogP contribution is 2.35. The summed E-state index contributed by atoms with van der Waals surface area (Å²) in [7, 11) is -3.74. The summed E-state index contributed by atoms with van der Waals surface area (Å²) < 4.78 is 33.8. The Hall–Kier alpha value is -4.51. The van der Waals surface area contributed by atoms with Gasteiger partial charge in [-0.25, -0.2) is 18.6 Å². The molecule has 5 aromatic rings. The summed E-state index contributed by atoms with van der Waals surface area (Å²) in [5.74, 6) is -0.763. The van der Waals surface area contributed by atoms with Crippen molar-refractivity contribution in [3.8, 4) is 5.75 Å². The molecule has 0 atom stereocenters. The van der Waals surface area contributed by atoms with Crippen LogP contribution in [0.1, 0.15) is 25.6 Å². The number of nitrogens with zero attached hydrogens (tertiary/aromatic N) is 1. The first-order valence-corrected chi connectivity index (χ1v) is 14.5. The van der Waals surface area contributed by atoms with Gasteiger partial charge in [-0.2, -0.15) is 5.10 Å². The number of ether oxygens (including phenoxy) is 1. The van der Waals surface area contributed by atoms with Gasteiger partial charge in [0.25, 0.3) is 15.9 Å². The molecular weight excluding hydrogens is 570 g/mol. The van der Waals surface area contributed by atoms with Crippen molar-refractivity contribution in [1.29, 1.82) is 0 Å². The second-order valence-electron chi connectivity index (χ2n) is 8.40. The zero-order chi connectivity index (χ0) is 28.1. The van der Waals surface area contributed by atoms with Gasteiger partial charge in [0.05, 0.1) is 16.1 Å².